The van der Waals surface area contributed by atoms with Gasteiger partial charge < -0.3 is 14.9 Å². The summed E-state index contributed by atoms with van der Waals surface area (Å²) in [5.41, 5.74) is -0.335. The fourth-order valence-corrected chi connectivity index (χ4v) is 1.09. The molecule has 0 heterocycles. The molecule has 0 aromatic heterocycles. The first-order valence-electron chi connectivity index (χ1n) is 3.93. The van der Waals surface area contributed by atoms with Crippen molar-refractivity contribution in [2.75, 3.05) is 7.11 Å². The zero-order valence-electron chi connectivity index (χ0n) is 7.75. The van der Waals surface area contributed by atoms with E-state index in [1.807, 2.05) is 0 Å². The number of methoxy groups -OCH3 is 1. The summed E-state index contributed by atoms with van der Waals surface area (Å²) in [5.74, 6) is -5.45. The van der Waals surface area contributed by atoms with E-state index in [1.165, 1.54) is 0 Å². The zero-order chi connectivity index (χ0) is 11.6. The molecule has 82 valence electrons. The molecule has 1 aromatic rings. The van der Waals surface area contributed by atoms with Crippen molar-refractivity contribution < 1.29 is 28.5 Å². The van der Waals surface area contributed by atoms with Crippen molar-refractivity contribution in [2.45, 2.75) is 6.42 Å². The molecule has 0 spiro atoms. The van der Waals surface area contributed by atoms with Crippen LogP contribution in [0.4, 0.5) is 8.78 Å². The molecule has 0 atom stereocenters. The molecule has 0 unspecified atom stereocenters. The molecule has 0 aliphatic rings. The van der Waals surface area contributed by atoms with Crippen LogP contribution in [0.15, 0.2) is 6.07 Å². The second kappa shape index (κ2) is 4.12. The minimum Gasteiger partial charge on any atom is -0.503 e. The number of aromatic hydroxyl groups is 1. The maximum absolute atomic E-state index is 13.1. The van der Waals surface area contributed by atoms with Crippen LogP contribution < -0.4 is 4.74 Å². The highest BCUT2D eigenvalue weighted by molar-refractivity contribution is 5.70. The molecule has 6 heteroatoms. The Morgan fingerprint density at radius 3 is 2.53 bits per heavy atom. The topological polar surface area (TPSA) is 66.8 Å². The Bertz CT molecular complexity index is 404. The predicted octanol–water partition coefficient (Wildman–Crippen LogP) is 1.31. The molecule has 0 saturated carbocycles. The summed E-state index contributed by atoms with van der Waals surface area (Å²) < 4.78 is 30.7. The first kappa shape index (κ1) is 11.2. The third-order valence-corrected chi connectivity index (χ3v) is 1.78. The molecule has 0 fully saturated rings. The molecule has 0 bridgehead atoms. The van der Waals surface area contributed by atoms with Crippen LogP contribution in [0.1, 0.15) is 5.56 Å². The molecule has 4 nitrogen and oxygen atoms in total. The van der Waals surface area contributed by atoms with Gasteiger partial charge in [0.2, 0.25) is 5.82 Å². The molecule has 0 aliphatic carbocycles. The molecule has 15 heavy (non-hydrogen) atoms. The minimum absolute atomic E-state index is 0.335. The van der Waals surface area contributed by atoms with Crippen molar-refractivity contribution in [1.29, 1.82) is 0 Å². The third-order valence-electron chi connectivity index (χ3n) is 1.78. The van der Waals surface area contributed by atoms with Crippen molar-refractivity contribution in [1.82, 2.24) is 0 Å². The maximum Gasteiger partial charge on any atom is 0.307 e. The van der Waals surface area contributed by atoms with Crippen LogP contribution in [0.5, 0.6) is 11.5 Å². The van der Waals surface area contributed by atoms with Gasteiger partial charge >= 0.3 is 5.97 Å². The normalized spacial score (nSPS) is 10.1. The maximum atomic E-state index is 13.1. The fourth-order valence-electron chi connectivity index (χ4n) is 1.09. The lowest BCUT2D eigenvalue weighted by Gasteiger charge is -2.08. The lowest BCUT2D eigenvalue weighted by atomic mass is 10.1. The standard InChI is InChI=1S/C9H8F2O4/c1-15-5-2-4(3-6(12)13)7(10)9(14)8(5)11/h2,14H,3H2,1H3,(H,12,13). The lowest BCUT2D eigenvalue weighted by Crippen LogP contribution is -2.04. The van der Waals surface area contributed by atoms with Crippen LogP contribution in [0.2, 0.25) is 0 Å². The Kier molecular flexibility index (Phi) is 3.08. The number of carboxylic acids is 1. The average Bonchev–Trinajstić information content (AvgIpc) is 2.18. The van der Waals surface area contributed by atoms with Crippen molar-refractivity contribution in [2.24, 2.45) is 0 Å². The van der Waals surface area contributed by atoms with Crippen LogP contribution >= 0.6 is 0 Å². The number of phenolic OH excluding ortho intramolecular Hbond substituents is 1. The van der Waals surface area contributed by atoms with E-state index < -0.39 is 35.5 Å². The van der Waals surface area contributed by atoms with Gasteiger partial charge in [-0.3, -0.25) is 4.79 Å². The van der Waals surface area contributed by atoms with E-state index >= 15 is 0 Å². The van der Waals surface area contributed by atoms with Gasteiger partial charge in [0.25, 0.3) is 0 Å². The lowest BCUT2D eigenvalue weighted by molar-refractivity contribution is -0.136. The number of phenols is 1. The van der Waals surface area contributed by atoms with E-state index in [-0.39, 0.29) is 5.56 Å². The summed E-state index contributed by atoms with van der Waals surface area (Å²) in [5, 5.41) is 17.4. The Labute approximate surface area is 83.7 Å². The highest BCUT2D eigenvalue weighted by Crippen LogP contribution is 2.31. The third kappa shape index (κ3) is 2.15. The van der Waals surface area contributed by atoms with Gasteiger partial charge in [0.15, 0.2) is 17.3 Å². The Hall–Kier alpha value is -1.85. The van der Waals surface area contributed by atoms with Gasteiger partial charge in [-0.15, -0.1) is 0 Å². The summed E-state index contributed by atoms with van der Waals surface area (Å²) in [6, 6.07) is 0.901. The first-order valence-corrected chi connectivity index (χ1v) is 3.93. The highest BCUT2D eigenvalue weighted by Gasteiger charge is 2.19. The van der Waals surface area contributed by atoms with E-state index in [1.54, 1.807) is 0 Å². The number of rotatable bonds is 3. The highest BCUT2D eigenvalue weighted by atomic mass is 19.1. The SMILES string of the molecule is COc1cc(CC(=O)O)c(F)c(O)c1F. The molecular weight excluding hydrogens is 210 g/mol. The molecule has 0 aliphatic heterocycles. The second-order valence-corrected chi connectivity index (χ2v) is 2.79. The second-order valence-electron chi connectivity index (χ2n) is 2.79. The van der Waals surface area contributed by atoms with E-state index in [2.05, 4.69) is 4.74 Å². The van der Waals surface area contributed by atoms with Gasteiger partial charge in [0.1, 0.15) is 0 Å². The number of benzene rings is 1. The van der Waals surface area contributed by atoms with Gasteiger partial charge in [0.05, 0.1) is 13.5 Å². The Morgan fingerprint density at radius 2 is 2.07 bits per heavy atom. The predicted molar refractivity (Wildman–Crippen MR) is 45.9 cm³/mol. The summed E-state index contributed by atoms with van der Waals surface area (Å²) in [7, 11) is 1.13. The molecule has 0 amide bonds. The molecule has 1 aromatic carbocycles. The number of hydrogen-bond donors (Lipinski definition) is 2. The van der Waals surface area contributed by atoms with E-state index in [0.717, 1.165) is 13.2 Å². The summed E-state index contributed by atoms with van der Waals surface area (Å²) in [6.45, 7) is 0. The molecular formula is C9H8F2O4. The number of carbonyl (C=O) groups is 1. The average molecular weight is 218 g/mol. The van der Waals surface area contributed by atoms with Crippen molar-refractivity contribution in [3.8, 4) is 11.5 Å². The molecule has 0 radical (unpaired) electrons. The number of carboxylic acid groups (broad SMARTS) is 1. The quantitative estimate of drug-likeness (QED) is 0.802. The Balaban J connectivity index is 3.28. The number of aliphatic carboxylic acids is 1. The summed E-state index contributed by atoms with van der Waals surface area (Å²) in [4.78, 5) is 10.3. The summed E-state index contributed by atoms with van der Waals surface area (Å²) in [6.07, 6.45) is -0.657. The van der Waals surface area contributed by atoms with Crippen LogP contribution in [-0.4, -0.2) is 23.3 Å². The fraction of sp³-hybridized carbons (Fsp3) is 0.222. The van der Waals surface area contributed by atoms with Gasteiger partial charge in [-0.1, -0.05) is 0 Å². The smallest absolute Gasteiger partial charge is 0.307 e. The van der Waals surface area contributed by atoms with Crippen molar-refractivity contribution >= 4 is 5.97 Å². The number of halogens is 2. The van der Waals surface area contributed by atoms with Crippen LogP contribution in [0, 0.1) is 11.6 Å². The minimum atomic E-state index is -1.29. The zero-order valence-corrected chi connectivity index (χ0v) is 7.75. The number of ether oxygens (including phenoxy) is 1. The van der Waals surface area contributed by atoms with E-state index in [0.29, 0.717) is 0 Å². The van der Waals surface area contributed by atoms with Gasteiger partial charge in [-0.2, -0.15) is 4.39 Å². The monoisotopic (exact) mass is 218 g/mol. The first-order chi connectivity index (χ1) is 6.97. The van der Waals surface area contributed by atoms with Gasteiger partial charge in [-0.05, 0) is 6.07 Å². The molecule has 2 N–H and O–H groups in total. The van der Waals surface area contributed by atoms with Crippen LogP contribution in [-0.2, 0) is 11.2 Å². The summed E-state index contributed by atoms with van der Waals surface area (Å²) >= 11 is 0. The van der Waals surface area contributed by atoms with E-state index in [4.69, 9.17) is 10.2 Å². The number of hydrogen-bond acceptors (Lipinski definition) is 3. The largest absolute Gasteiger partial charge is 0.503 e. The molecule has 0 saturated heterocycles. The van der Waals surface area contributed by atoms with E-state index in [9.17, 15) is 13.6 Å². The molecule has 1 rings (SSSR count). The van der Waals surface area contributed by atoms with Gasteiger partial charge in [0, 0.05) is 5.56 Å². The van der Waals surface area contributed by atoms with Crippen molar-refractivity contribution in [3.63, 3.8) is 0 Å². The van der Waals surface area contributed by atoms with Crippen molar-refractivity contribution in [3.05, 3.63) is 23.3 Å². The Morgan fingerprint density at radius 1 is 1.47 bits per heavy atom. The van der Waals surface area contributed by atoms with Crippen LogP contribution in [0.3, 0.4) is 0 Å². The van der Waals surface area contributed by atoms with Crippen LogP contribution in [0.25, 0.3) is 0 Å². The van der Waals surface area contributed by atoms with Gasteiger partial charge in [-0.25, -0.2) is 4.39 Å².